The molecule has 0 spiro atoms. The van der Waals surface area contributed by atoms with Crippen molar-refractivity contribution in [3.63, 3.8) is 0 Å². The number of amides is 1. The quantitative estimate of drug-likeness (QED) is 0.434. The molecule has 0 saturated heterocycles. The number of nitrogens with zero attached hydrogens (tertiary/aromatic N) is 2. The van der Waals surface area contributed by atoms with Crippen molar-refractivity contribution in [3.05, 3.63) is 49.2 Å². The Balaban J connectivity index is 1.71. The first kappa shape index (κ1) is 19.8. The highest BCUT2D eigenvalue weighted by Crippen LogP contribution is 2.36. The van der Waals surface area contributed by atoms with E-state index in [-0.39, 0.29) is 11.7 Å². The van der Waals surface area contributed by atoms with Crippen molar-refractivity contribution in [3.8, 4) is 11.5 Å². The Labute approximate surface area is 166 Å². The molecule has 8 nitrogen and oxygen atoms in total. The van der Waals surface area contributed by atoms with E-state index in [1.165, 1.54) is 41.2 Å². The van der Waals surface area contributed by atoms with Gasteiger partial charge in [-0.2, -0.15) is 5.10 Å². The summed E-state index contributed by atoms with van der Waals surface area (Å²) in [5.41, 5.74) is 3.52. The Morgan fingerprint density at radius 2 is 2.29 bits per heavy atom. The van der Waals surface area contributed by atoms with Gasteiger partial charge in [0.2, 0.25) is 5.75 Å². The second-order valence-electron chi connectivity index (χ2n) is 6.62. The standard InChI is InChI=1S/C19H21N3O5S/c1-3-11-4-5-16-13(6-11)9-17(28-16)19(24)21-20-10-12-7-14(22(25)26)18(23)15(8-12)27-2/h7-11,23H,3-6H2,1-2H3,(H,21,24)/b20-10-/t11-/m0/s1. The summed E-state index contributed by atoms with van der Waals surface area (Å²) >= 11 is 1.49. The fourth-order valence-electron chi connectivity index (χ4n) is 3.26. The molecular formula is C19H21N3O5S. The van der Waals surface area contributed by atoms with Crippen molar-refractivity contribution in [2.45, 2.75) is 32.6 Å². The largest absolute Gasteiger partial charge is 0.500 e. The SMILES string of the molecule is CC[C@H]1CCc2sc(C(=O)N/N=C\c3cc(OC)c(O)c([N+](=O)[O-])c3)cc2C1. The van der Waals surface area contributed by atoms with Crippen LogP contribution in [0.25, 0.3) is 0 Å². The fraction of sp³-hybridized carbons (Fsp3) is 0.368. The molecule has 0 saturated carbocycles. The number of ether oxygens (including phenoxy) is 1. The Morgan fingerprint density at radius 1 is 1.50 bits per heavy atom. The van der Waals surface area contributed by atoms with Gasteiger partial charge < -0.3 is 9.84 Å². The minimum atomic E-state index is -0.715. The molecule has 1 aromatic heterocycles. The van der Waals surface area contributed by atoms with E-state index in [4.69, 9.17) is 4.74 Å². The number of hydrogen-bond acceptors (Lipinski definition) is 7. The number of nitro benzene ring substituents is 1. The van der Waals surface area contributed by atoms with Gasteiger partial charge in [-0.1, -0.05) is 13.3 Å². The highest BCUT2D eigenvalue weighted by Gasteiger charge is 2.22. The second-order valence-corrected chi connectivity index (χ2v) is 7.76. The number of nitro groups is 1. The zero-order chi connectivity index (χ0) is 20.3. The van der Waals surface area contributed by atoms with Crippen LogP contribution in [-0.4, -0.2) is 29.3 Å². The molecular weight excluding hydrogens is 382 g/mol. The molecule has 0 fully saturated rings. The third-order valence-electron chi connectivity index (χ3n) is 4.86. The molecule has 0 unspecified atom stereocenters. The van der Waals surface area contributed by atoms with Gasteiger partial charge in [0.25, 0.3) is 5.91 Å². The molecule has 1 amide bonds. The van der Waals surface area contributed by atoms with Gasteiger partial charge in [-0.25, -0.2) is 5.43 Å². The predicted molar refractivity (Wildman–Crippen MR) is 106 cm³/mol. The zero-order valence-corrected chi connectivity index (χ0v) is 16.4. The van der Waals surface area contributed by atoms with Crippen molar-refractivity contribution >= 4 is 29.1 Å². The van der Waals surface area contributed by atoms with E-state index >= 15 is 0 Å². The normalized spacial score (nSPS) is 16.0. The summed E-state index contributed by atoms with van der Waals surface area (Å²) in [5.74, 6) is -0.234. The lowest BCUT2D eigenvalue weighted by Gasteiger charge is -2.19. The predicted octanol–water partition coefficient (Wildman–Crippen LogP) is 3.65. The molecule has 1 aromatic carbocycles. The summed E-state index contributed by atoms with van der Waals surface area (Å²) in [6.07, 6.45) is 5.59. The van der Waals surface area contributed by atoms with Crippen LogP contribution in [0, 0.1) is 16.0 Å². The van der Waals surface area contributed by atoms with Crippen LogP contribution in [0.5, 0.6) is 11.5 Å². The van der Waals surface area contributed by atoms with Crippen molar-refractivity contribution < 1.29 is 19.6 Å². The van der Waals surface area contributed by atoms with Crippen molar-refractivity contribution in [2.24, 2.45) is 11.0 Å². The topological polar surface area (TPSA) is 114 Å². The smallest absolute Gasteiger partial charge is 0.315 e. The van der Waals surface area contributed by atoms with E-state index in [0.29, 0.717) is 16.4 Å². The molecule has 3 rings (SSSR count). The molecule has 1 heterocycles. The number of aromatic hydroxyl groups is 1. The van der Waals surface area contributed by atoms with Crippen molar-refractivity contribution in [1.29, 1.82) is 0 Å². The Kier molecular flexibility index (Phi) is 5.93. The minimum absolute atomic E-state index is 0.0432. The van der Waals surface area contributed by atoms with Crippen LogP contribution in [0.4, 0.5) is 5.69 Å². The molecule has 1 atom stereocenters. The second kappa shape index (κ2) is 8.39. The van der Waals surface area contributed by atoms with Crippen LogP contribution in [0.15, 0.2) is 23.3 Å². The molecule has 0 bridgehead atoms. The third kappa shape index (κ3) is 4.14. The van der Waals surface area contributed by atoms with Crippen molar-refractivity contribution in [2.75, 3.05) is 7.11 Å². The van der Waals surface area contributed by atoms with Gasteiger partial charge in [0.15, 0.2) is 5.75 Å². The van der Waals surface area contributed by atoms with Crippen LogP contribution in [-0.2, 0) is 12.8 Å². The molecule has 1 aliphatic carbocycles. The van der Waals surface area contributed by atoms with Crippen molar-refractivity contribution in [1.82, 2.24) is 5.43 Å². The number of carbonyl (C=O) groups is 1. The summed E-state index contributed by atoms with van der Waals surface area (Å²) in [6.45, 7) is 2.19. The van der Waals surface area contributed by atoms with E-state index in [1.54, 1.807) is 0 Å². The number of nitrogens with one attached hydrogen (secondary N) is 1. The number of rotatable bonds is 6. The van der Waals surface area contributed by atoms with Gasteiger partial charge in [0.1, 0.15) is 0 Å². The lowest BCUT2D eigenvalue weighted by atomic mass is 9.87. The summed E-state index contributed by atoms with van der Waals surface area (Å²) in [5, 5.41) is 24.7. The lowest BCUT2D eigenvalue weighted by molar-refractivity contribution is -0.386. The van der Waals surface area contributed by atoms with Crippen LogP contribution in [0.2, 0.25) is 0 Å². The van der Waals surface area contributed by atoms with Gasteiger partial charge in [0, 0.05) is 16.5 Å². The Morgan fingerprint density at radius 3 is 2.96 bits per heavy atom. The molecule has 28 heavy (non-hydrogen) atoms. The van der Waals surface area contributed by atoms with Gasteiger partial charge in [0.05, 0.1) is 23.1 Å². The summed E-state index contributed by atoms with van der Waals surface area (Å²) in [4.78, 5) is 24.5. The maximum Gasteiger partial charge on any atom is 0.315 e. The number of thiophene rings is 1. The average molecular weight is 403 g/mol. The van der Waals surface area contributed by atoms with E-state index < -0.39 is 16.4 Å². The molecule has 0 aliphatic heterocycles. The number of phenols is 1. The highest BCUT2D eigenvalue weighted by atomic mass is 32.1. The molecule has 9 heteroatoms. The number of hydrogen-bond donors (Lipinski definition) is 2. The van der Waals surface area contributed by atoms with Crippen LogP contribution in [0.3, 0.4) is 0 Å². The van der Waals surface area contributed by atoms with E-state index in [2.05, 4.69) is 17.5 Å². The lowest BCUT2D eigenvalue weighted by Crippen LogP contribution is -2.16. The van der Waals surface area contributed by atoms with E-state index in [9.17, 15) is 20.0 Å². The van der Waals surface area contributed by atoms with Gasteiger partial charge in [-0.15, -0.1) is 11.3 Å². The van der Waals surface area contributed by atoms with Gasteiger partial charge in [-0.05, 0) is 42.9 Å². The number of aryl methyl sites for hydroxylation is 1. The van der Waals surface area contributed by atoms with E-state index in [0.717, 1.165) is 31.7 Å². The summed E-state index contributed by atoms with van der Waals surface area (Å²) in [7, 11) is 1.29. The number of hydrazone groups is 1. The number of benzene rings is 1. The molecule has 148 valence electrons. The van der Waals surface area contributed by atoms with Gasteiger partial charge in [-0.3, -0.25) is 14.9 Å². The maximum atomic E-state index is 12.4. The van der Waals surface area contributed by atoms with Gasteiger partial charge >= 0.3 is 5.69 Å². The third-order valence-corrected chi connectivity index (χ3v) is 6.10. The molecule has 0 radical (unpaired) electrons. The first-order valence-corrected chi connectivity index (χ1v) is 9.75. The number of methoxy groups -OCH3 is 1. The molecule has 2 aromatic rings. The Hall–Kier alpha value is -2.94. The number of phenolic OH excluding ortho intramolecular Hbond substituents is 1. The maximum absolute atomic E-state index is 12.4. The average Bonchev–Trinajstić information content (AvgIpc) is 3.11. The zero-order valence-electron chi connectivity index (χ0n) is 15.6. The molecule has 2 N–H and O–H groups in total. The van der Waals surface area contributed by atoms with E-state index in [1.807, 2.05) is 6.07 Å². The first-order valence-electron chi connectivity index (χ1n) is 8.93. The fourth-order valence-corrected chi connectivity index (χ4v) is 4.36. The van der Waals surface area contributed by atoms with Crippen LogP contribution < -0.4 is 10.2 Å². The summed E-state index contributed by atoms with van der Waals surface area (Å²) < 4.78 is 4.94. The minimum Gasteiger partial charge on any atom is -0.500 e. The Bertz CT molecular complexity index is 938. The first-order chi connectivity index (χ1) is 13.4. The van der Waals surface area contributed by atoms with Crippen LogP contribution >= 0.6 is 11.3 Å². The number of carbonyl (C=O) groups excluding carboxylic acids is 1. The molecule has 1 aliphatic rings. The monoisotopic (exact) mass is 403 g/mol. The summed E-state index contributed by atoms with van der Waals surface area (Å²) in [6, 6.07) is 4.48. The van der Waals surface area contributed by atoms with Crippen LogP contribution in [0.1, 0.15) is 45.4 Å². The highest BCUT2D eigenvalue weighted by molar-refractivity contribution is 7.14. The number of fused-ring (bicyclic) bond motifs is 1.